The maximum atomic E-state index is 5.76. The number of hydrogen-bond acceptors (Lipinski definition) is 4. The number of rotatable bonds is 3. The van der Waals surface area contributed by atoms with Crippen molar-refractivity contribution < 1.29 is 18.8 Å². The first-order valence-corrected chi connectivity index (χ1v) is 8.32. The van der Waals surface area contributed by atoms with Crippen LogP contribution in [0.3, 0.4) is 0 Å². The van der Waals surface area contributed by atoms with Crippen molar-refractivity contribution in [3.8, 4) is 17.2 Å². The summed E-state index contributed by atoms with van der Waals surface area (Å²) in [5.41, 5.74) is 3.83. The fraction of sp³-hybridized carbons (Fsp3) is 0.421. The molecule has 5 nitrogen and oxygen atoms in total. The van der Waals surface area contributed by atoms with Gasteiger partial charge in [-0.05, 0) is 25.1 Å². The zero-order valence-corrected chi connectivity index (χ0v) is 14.4. The second-order valence-electron chi connectivity index (χ2n) is 6.47. The van der Waals surface area contributed by atoms with Crippen molar-refractivity contribution in [2.24, 2.45) is 7.05 Å². The first-order valence-electron chi connectivity index (χ1n) is 8.32. The van der Waals surface area contributed by atoms with Crippen LogP contribution in [0.1, 0.15) is 22.9 Å². The van der Waals surface area contributed by atoms with Crippen molar-refractivity contribution in [3.05, 3.63) is 47.3 Å². The fourth-order valence-corrected chi connectivity index (χ4v) is 3.75. The number of fused-ring (bicyclic) bond motifs is 2. The van der Waals surface area contributed by atoms with Gasteiger partial charge in [-0.15, -0.1) is 0 Å². The Bertz CT molecular complexity index is 775. The van der Waals surface area contributed by atoms with Crippen LogP contribution in [0.25, 0.3) is 0 Å². The summed E-state index contributed by atoms with van der Waals surface area (Å²) in [6.45, 7) is 1.29. The molecule has 0 aliphatic carbocycles. The van der Waals surface area contributed by atoms with Crippen LogP contribution in [0, 0.1) is 0 Å². The van der Waals surface area contributed by atoms with E-state index in [0.717, 1.165) is 36.6 Å². The molecule has 2 aliphatic heterocycles. The molecule has 0 bridgehead atoms. The van der Waals surface area contributed by atoms with Crippen LogP contribution in [0.5, 0.6) is 17.2 Å². The molecule has 0 spiro atoms. The summed E-state index contributed by atoms with van der Waals surface area (Å²) in [5.74, 6) is 2.38. The Balaban J connectivity index is 1.81. The van der Waals surface area contributed by atoms with Crippen LogP contribution in [-0.2, 0) is 19.9 Å². The smallest absolute Gasteiger partial charge is 0.231 e. The van der Waals surface area contributed by atoms with E-state index in [9.17, 15) is 0 Å². The number of benzene rings is 1. The van der Waals surface area contributed by atoms with Crippen LogP contribution in [0.2, 0.25) is 0 Å². The SMILES string of the molecule is COc1c2c(cc3c1[C@@H](Cc1cccc[n+]1C)N(C)CC3)OCO2. The van der Waals surface area contributed by atoms with E-state index in [1.165, 1.54) is 16.8 Å². The van der Waals surface area contributed by atoms with Gasteiger partial charge in [-0.3, -0.25) is 4.90 Å². The summed E-state index contributed by atoms with van der Waals surface area (Å²) in [4.78, 5) is 2.40. The van der Waals surface area contributed by atoms with Crippen LogP contribution in [0.15, 0.2) is 30.5 Å². The highest BCUT2D eigenvalue weighted by Crippen LogP contribution is 2.49. The average molecular weight is 327 g/mol. The number of aryl methyl sites for hydroxylation is 1. The Labute approximate surface area is 142 Å². The van der Waals surface area contributed by atoms with Gasteiger partial charge < -0.3 is 14.2 Å². The summed E-state index contributed by atoms with van der Waals surface area (Å²) in [7, 11) is 5.99. The number of likely N-dealkylation sites (N-methyl/N-ethyl adjacent to an activating group) is 1. The highest BCUT2D eigenvalue weighted by molar-refractivity contribution is 5.61. The largest absolute Gasteiger partial charge is 0.492 e. The standard InChI is InChI=1S/C19H23N2O3/c1-20-8-5-4-6-14(20)11-15-17-13(7-9-21(15)2)10-16-18(19(17)22-3)24-12-23-16/h4-6,8,10,15H,7,9,11-12H2,1-3H3/q+1/t15-/m1/s1. The van der Waals surface area contributed by atoms with Crippen LogP contribution < -0.4 is 18.8 Å². The van der Waals surface area contributed by atoms with Crippen molar-refractivity contribution in [3.63, 3.8) is 0 Å². The Hall–Kier alpha value is -2.27. The molecular formula is C19H23N2O3+. The monoisotopic (exact) mass is 327 g/mol. The molecule has 24 heavy (non-hydrogen) atoms. The molecule has 1 aromatic heterocycles. The van der Waals surface area contributed by atoms with E-state index in [1.807, 2.05) is 0 Å². The van der Waals surface area contributed by atoms with Crippen molar-refractivity contribution in [2.45, 2.75) is 18.9 Å². The van der Waals surface area contributed by atoms with Gasteiger partial charge in [0.1, 0.15) is 7.05 Å². The van der Waals surface area contributed by atoms with Crippen molar-refractivity contribution in [2.75, 3.05) is 27.5 Å². The summed E-state index contributed by atoms with van der Waals surface area (Å²) in [6.07, 6.45) is 4.02. The number of ether oxygens (including phenoxy) is 3. The predicted molar refractivity (Wildman–Crippen MR) is 89.5 cm³/mol. The second kappa shape index (κ2) is 5.98. The Morgan fingerprint density at radius 2 is 2.21 bits per heavy atom. The number of methoxy groups -OCH3 is 1. The molecule has 0 saturated heterocycles. The molecule has 0 amide bonds. The zero-order chi connectivity index (χ0) is 16.7. The first kappa shape index (κ1) is 15.3. The van der Waals surface area contributed by atoms with Crippen LogP contribution in [-0.4, -0.2) is 32.4 Å². The number of nitrogens with zero attached hydrogens (tertiary/aromatic N) is 2. The van der Waals surface area contributed by atoms with E-state index >= 15 is 0 Å². The van der Waals surface area contributed by atoms with Crippen molar-refractivity contribution in [1.29, 1.82) is 0 Å². The lowest BCUT2D eigenvalue weighted by Crippen LogP contribution is -2.39. The van der Waals surface area contributed by atoms with E-state index in [0.29, 0.717) is 0 Å². The third-order valence-corrected chi connectivity index (χ3v) is 5.11. The van der Waals surface area contributed by atoms with E-state index in [4.69, 9.17) is 14.2 Å². The molecule has 1 atom stereocenters. The number of pyridine rings is 1. The van der Waals surface area contributed by atoms with Gasteiger partial charge in [-0.1, -0.05) is 6.07 Å². The number of aromatic nitrogens is 1. The minimum Gasteiger partial charge on any atom is -0.492 e. The predicted octanol–water partition coefficient (Wildman–Crippen LogP) is 2.02. The molecule has 3 heterocycles. The molecular weight excluding hydrogens is 304 g/mol. The topological polar surface area (TPSA) is 34.8 Å². The summed E-state index contributed by atoms with van der Waals surface area (Å²) in [6, 6.07) is 8.72. The van der Waals surface area contributed by atoms with Gasteiger partial charge in [0.2, 0.25) is 12.5 Å². The maximum absolute atomic E-state index is 5.76. The van der Waals surface area contributed by atoms with Gasteiger partial charge in [0, 0.05) is 30.3 Å². The van der Waals surface area contributed by atoms with Crippen molar-refractivity contribution in [1.82, 2.24) is 4.90 Å². The fourth-order valence-electron chi connectivity index (χ4n) is 3.75. The molecule has 5 heteroatoms. The Morgan fingerprint density at radius 1 is 1.33 bits per heavy atom. The van der Waals surface area contributed by atoms with Gasteiger partial charge in [-0.2, -0.15) is 0 Å². The summed E-state index contributed by atoms with van der Waals surface area (Å²) in [5, 5.41) is 0. The van der Waals surface area contributed by atoms with Gasteiger partial charge in [-0.25, -0.2) is 4.57 Å². The molecule has 126 valence electrons. The highest BCUT2D eigenvalue weighted by atomic mass is 16.7. The summed E-state index contributed by atoms with van der Waals surface area (Å²) < 4.78 is 19.2. The quantitative estimate of drug-likeness (QED) is 0.808. The molecule has 1 aromatic carbocycles. The lowest BCUT2D eigenvalue weighted by molar-refractivity contribution is -0.679. The van der Waals surface area contributed by atoms with Crippen molar-refractivity contribution >= 4 is 0 Å². The van der Waals surface area contributed by atoms with Crippen LogP contribution >= 0.6 is 0 Å². The first-order chi connectivity index (χ1) is 11.7. The van der Waals surface area contributed by atoms with Crippen LogP contribution in [0.4, 0.5) is 0 Å². The molecule has 0 unspecified atom stereocenters. The van der Waals surface area contributed by atoms with E-state index in [-0.39, 0.29) is 12.8 Å². The number of hydrogen-bond donors (Lipinski definition) is 0. The maximum Gasteiger partial charge on any atom is 0.231 e. The molecule has 0 saturated carbocycles. The molecule has 0 fully saturated rings. The normalized spacial score (nSPS) is 19.2. The summed E-state index contributed by atoms with van der Waals surface area (Å²) >= 11 is 0. The lowest BCUT2D eigenvalue weighted by atomic mass is 9.88. The molecule has 0 radical (unpaired) electrons. The van der Waals surface area contributed by atoms with E-state index < -0.39 is 0 Å². The third kappa shape index (κ3) is 2.40. The lowest BCUT2D eigenvalue weighted by Gasteiger charge is -2.35. The van der Waals surface area contributed by atoms with E-state index in [1.54, 1.807) is 7.11 Å². The van der Waals surface area contributed by atoms with Gasteiger partial charge in [0.05, 0.1) is 13.5 Å². The van der Waals surface area contributed by atoms with Gasteiger partial charge in [0.15, 0.2) is 23.4 Å². The van der Waals surface area contributed by atoms with Gasteiger partial charge >= 0.3 is 0 Å². The minimum absolute atomic E-state index is 0.256. The Morgan fingerprint density at radius 3 is 3.00 bits per heavy atom. The molecule has 0 N–H and O–H groups in total. The highest BCUT2D eigenvalue weighted by Gasteiger charge is 2.35. The van der Waals surface area contributed by atoms with E-state index in [2.05, 4.69) is 54.0 Å². The average Bonchev–Trinajstić information content (AvgIpc) is 3.05. The van der Waals surface area contributed by atoms with Gasteiger partial charge in [0.25, 0.3) is 0 Å². The zero-order valence-electron chi connectivity index (χ0n) is 14.4. The Kier molecular flexibility index (Phi) is 3.81. The third-order valence-electron chi connectivity index (χ3n) is 5.11. The second-order valence-corrected chi connectivity index (χ2v) is 6.47. The molecule has 4 rings (SSSR count). The molecule has 2 aromatic rings. The molecule has 2 aliphatic rings. The minimum atomic E-state index is 0.256.